The molecule has 7 heteroatoms. The van der Waals surface area contributed by atoms with Crippen molar-refractivity contribution in [1.29, 1.82) is 0 Å². The monoisotopic (exact) mass is 330 g/mol. The number of carbonyl (C=O) groups is 2. The summed E-state index contributed by atoms with van der Waals surface area (Å²) in [5.41, 5.74) is -0.911. The minimum atomic E-state index is -1.05. The van der Waals surface area contributed by atoms with Crippen LogP contribution < -0.4 is 5.32 Å². The van der Waals surface area contributed by atoms with Crippen LogP contribution in [0.2, 0.25) is 0 Å². The predicted octanol–water partition coefficient (Wildman–Crippen LogP) is 1.71. The van der Waals surface area contributed by atoms with Gasteiger partial charge in [-0.1, -0.05) is 13.8 Å². The first-order valence-corrected chi connectivity index (χ1v) is 8.01. The van der Waals surface area contributed by atoms with Crippen LogP contribution >= 0.6 is 0 Å². The van der Waals surface area contributed by atoms with Crippen LogP contribution in [0.3, 0.4) is 0 Å². The minimum Gasteiger partial charge on any atom is -0.480 e. The number of amides is 1. The molecule has 1 amide bonds. The van der Waals surface area contributed by atoms with E-state index >= 15 is 0 Å². The van der Waals surface area contributed by atoms with Crippen molar-refractivity contribution in [2.75, 3.05) is 32.8 Å². The number of carboxylic acids is 1. The molecule has 1 aliphatic rings. The van der Waals surface area contributed by atoms with Crippen molar-refractivity contribution in [3.63, 3.8) is 0 Å². The van der Waals surface area contributed by atoms with E-state index in [4.69, 9.17) is 9.47 Å². The van der Waals surface area contributed by atoms with Crippen molar-refractivity contribution in [2.45, 2.75) is 52.7 Å². The maximum absolute atomic E-state index is 11.8. The van der Waals surface area contributed by atoms with Gasteiger partial charge in [-0.25, -0.2) is 9.59 Å². The predicted molar refractivity (Wildman–Crippen MR) is 86.5 cm³/mol. The van der Waals surface area contributed by atoms with E-state index in [1.807, 2.05) is 13.8 Å². The lowest BCUT2D eigenvalue weighted by molar-refractivity contribution is -0.140. The van der Waals surface area contributed by atoms with Crippen molar-refractivity contribution in [3.8, 4) is 0 Å². The number of alkyl carbamates (subject to hydrolysis) is 1. The third kappa shape index (κ3) is 8.18. The van der Waals surface area contributed by atoms with E-state index in [9.17, 15) is 14.7 Å². The summed E-state index contributed by atoms with van der Waals surface area (Å²) in [6, 6.07) is -0.971. The average molecular weight is 330 g/mol. The summed E-state index contributed by atoms with van der Waals surface area (Å²) in [7, 11) is 0. The van der Waals surface area contributed by atoms with E-state index in [0.29, 0.717) is 19.6 Å². The van der Waals surface area contributed by atoms with Crippen molar-refractivity contribution in [1.82, 2.24) is 10.2 Å². The van der Waals surface area contributed by atoms with Gasteiger partial charge < -0.3 is 19.9 Å². The van der Waals surface area contributed by atoms with E-state index in [2.05, 4.69) is 10.2 Å². The molecular weight excluding hydrogens is 300 g/mol. The number of carboxylic acid groups (broad SMARTS) is 1. The zero-order valence-electron chi connectivity index (χ0n) is 14.8. The molecule has 0 aromatic rings. The van der Waals surface area contributed by atoms with Gasteiger partial charge >= 0.3 is 12.1 Å². The van der Waals surface area contributed by atoms with Gasteiger partial charge in [0.1, 0.15) is 11.6 Å². The second kappa shape index (κ2) is 7.97. The van der Waals surface area contributed by atoms with Gasteiger partial charge in [-0.15, -0.1) is 0 Å². The molecule has 0 aliphatic carbocycles. The van der Waals surface area contributed by atoms with Gasteiger partial charge in [0.25, 0.3) is 0 Å². The van der Waals surface area contributed by atoms with E-state index in [1.165, 1.54) is 0 Å². The number of carbonyl (C=O) groups excluding carboxylic acids is 1. The molecule has 0 aromatic carbocycles. The molecule has 0 spiro atoms. The Morgan fingerprint density at radius 1 is 1.22 bits per heavy atom. The Morgan fingerprint density at radius 2 is 1.78 bits per heavy atom. The van der Waals surface area contributed by atoms with Gasteiger partial charge in [0.05, 0.1) is 13.2 Å². The van der Waals surface area contributed by atoms with Crippen LogP contribution in [0, 0.1) is 5.41 Å². The third-order valence-corrected chi connectivity index (χ3v) is 3.50. The number of rotatable bonds is 6. The Labute approximate surface area is 138 Å². The van der Waals surface area contributed by atoms with Crippen molar-refractivity contribution >= 4 is 12.1 Å². The standard InChI is InChI=1S/C16H30N2O5/c1-15(2,3)23-14(21)17-12(13(19)20)10-16(4,5)11-18-6-8-22-9-7-18/h12H,6-11H2,1-5H3,(H,17,21)(H,19,20). The molecule has 1 heterocycles. The lowest BCUT2D eigenvalue weighted by Crippen LogP contribution is -2.48. The molecule has 0 aromatic heterocycles. The molecule has 7 nitrogen and oxygen atoms in total. The highest BCUT2D eigenvalue weighted by molar-refractivity contribution is 5.80. The molecule has 1 atom stereocenters. The highest BCUT2D eigenvalue weighted by Gasteiger charge is 2.32. The Hall–Kier alpha value is -1.34. The third-order valence-electron chi connectivity index (χ3n) is 3.50. The smallest absolute Gasteiger partial charge is 0.408 e. The summed E-state index contributed by atoms with van der Waals surface area (Å²) in [6.07, 6.45) is -0.370. The first-order chi connectivity index (χ1) is 10.5. The van der Waals surface area contributed by atoms with E-state index < -0.39 is 23.7 Å². The van der Waals surface area contributed by atoms with E-state index in [1.54, 1.807) is 20.8 Å². The number of hydrogen-bond donors (Lipinski definition) is 2. The normalized spacial score (nSPS) is 18.3. The summed E-state index contributed by atoms with van der Waals surface area (Å²) >= 11 is 0. The highest BCUT2D eigenvalue weighted by atomic mass is 16.6. The van der Waals surface area contributed by atoms with Crippen LogP contribution in [0.1, 0.15) is 41.0 Å². The fourth-order valence-electron chi connectivity index (χ4n) is 2.63. The summed E-state index contributed by atoms with van der Waals surface area (Å²) in [4.78, 5) is 25.6. The molecule has 0 radical (unpaired) electrons. The average Bonchev–Trinajstić information content (AvgIpc) is 2.35. The molecule has 0 bridgehead atoms. The molecule has 1 aliphatic heterocycles. The van der Waals surface area contributed by atoms with Crippen molar-refractivity contribution in [2.24, 2.45) is 5.41 Å². The largest absolute Gasteiger partial charge is 0.480 e. The summed E-state index contributed by atoms with van der Waals surface area (Å²) < 4.78 is 10.5. The Bertz CT molecular complexity index is 411. The maximum Gasteiger partial charge on any atom is 0.408 e. The highest BCUT2D eigenvalue weighted by Crippen LogP contribution is 2.25. The SMILES string of the molecule is CC(C)(CC(NC(=O)OC(C)(C)C)C(=O)O)CN1CCOCC1. The van der Waals surface area contributed by atoms with E-state index in [0.717, 1.165) is 19.6 Å². The second-order valence-electron chi connectivity index (χ2n) is 7.79. The molecule has 1 fully saturated rings. The summed E-state index contributed by atoms with van der Waals surface area (Å²) in [6.45, 7) is 13.1. The number of ether oxygens (including phenoxy) is 2. The fraction of sp³-hybridized carbons (Fsp3) is 0.875. The van der Waals surface area contributed by atoms with Gasteiger partial charge in [-0.05, 0) is 32.6 Å². The van der Waals surface area contributed by atoms with E-state index in [-0.39, 0.29) is 5.41 Å². The van der Waals surface area contributed by atoms with Gasteiger partial charge in [0.2, 0.25) is 0 Å². The van der Waals surface area contributed by atoms with Crippen LogP contribution in [0.15, 0.2) is 0 Å². The van der Waals surface area contributed by atoms with Gasteiger partial charge in [-0.2, -0.15) is 0 Å². The van der Waals surface area contributed by atoms with Crippen molar-refractivity contribution in [3.05, 3.63) is 0 Å². The Morgan fingerprint density at radius 3 is 2.26 bits per heavy atom. The summed E-state index contributed by atoms with van der Waals surface area (Å²) in [5.74, 6) is -1.05. The molecule has 1 saturated heterocycles. The Balaban J connectivity index is 2.59. The quantitative estimate of drug-likeness (QED) is 0.771. The number of aliphatic carboxylic acids is 1. The van der Waals surface area contributed by atoms with Crippen LogP contribution in [-0.4, -0.2) is 66.6 Å². The lowest BCUT2D eigenvalue weighted by Gasteiger charge is -2.36. The van der Waals surface area contributed by atoms with Crippen molar-refractivity contribution < 1.29 is 24.2 Å². The van der Waals surface area contributed by atoms with Gasteiger partial charge in [0, 0.05) is 19.6 Å². The fourth-order valence-corrected chi connectivity index (χ4v) is 2.63. The lowest BCUT2D eigenvalue weighted by atomic mass is 9.85. The molecular formula is C16H30N2O5. The van der Waals surface area contributed by atoms with Crippen LogP contribution in [0.4, 0.5) is 4.79 Å². The first kappa shape index (κ1) is 19.7. The van der Waals surface area contributed by atoms with Gasteiger partial charge in [-0.3, -0.25) is 4.90 Å². The molecule has 2 N–H and O–H groups in total. The topological polar surface area (TPSA) is 88.1 Å². The summed E-state index contributed by atoms with van der Waals surface area (Å²) in [5, 5.41) is 11.8. The number of nitrogens with one attached hydrogen (secondary N) is 1. The number of hydrogen-bond acceptors (Lipinski definition) is 5. The molecule has 23 heavy (non-hydrogen) atoms. The molecule has 1 unspecified atom stereocenters. The molecule has 1 rings (SSSR count). The first-order valence-electron chi connectivity index (χ1n) is 8.01. The van der Waals surface area contributed by atoms with Crippen LogP contribution in [0.25, 0.3) is 0 Å². The van der Waals surface area contributed by atoms with Gasteiger partial charge in [0.15, 0.2) is 0 Å². The second-order valence-corrected chi connectivity index (χ2v) is 7.79. The van der Waals surface area contributed by atoms with Crippen LogP contribution in [-0.2, 0) is 14.3 Å². The zero-order chi connectivity index (χ0) is 17.7. The minimum absolute atomic E-state index is 0.255. The Kier molecular flexibility index (Phi) is 6.83. The zero-order valence-corrected chi connectivity index (χ0v) is 14.8. The number of nitrogens with zero attached hydrogens (tertiary/aromatic N) is 1. The van der Waals surface area contributed by atoms with Crippen LogP contribution in [0.5, 0.6) is 0 Å². The number of morpholine rings is 1. The molecule has 0 saturated carbocycles. The maximum atomic E-state index is 11.8. The molecule has 134 valence electrons.